The van der Waals surface area contributed by atoms with Crippen LogP contribution in [0.3, 0.4) is 0 Å². The fourth-order valence-electron chi connectivity index (χ4n) is 5.14. The van der Waals surface area contributed by atoms with Gasteiger partial charge in [-0.05, 0) is 76.1 Å². The zero-order valence-corrected chi connectivity index (χ0v) is 27.4. The summed E-state index contributed by atoms with van der Waals surface area (Å²) in [6.45, 7) is 6.45. The van der Waals surface area contributed by atoms with Gasteiger partial charge >= 0.3 is 0 Å². The summed E-state index contributed by atoms with van der Waals surface area (Å²) in [7, 11) is 1.60. The van der Waals surface area contributed by atoms with Gasteiger partial charge in [0.2, 0.25) is 11.8 Å². The van der Waals surface area contributed by atoms with Gasteiger partial charge in [0.05, 0.1) is 19.0 Å². The Bertz CT molecular complexity index is 1370. The molecule has 0 saturated carbocycles. The molecule has 0 unspecified atom stereocenters. The number of imidazole rings is 1. The van der Waals surface area contributed by atoms with Crippen molar-refractivity contribution >= 4 is 48.4 Å². The largest absolute Gasteiger partial charge is 0.497 e. The van der Waals surface area contributed by atoms with Crippen LogP contribution in [0.5, 0.6) is 5.75 Å². The molecule has 0 spiro atoms. The van der Waals surface area contributed by atoms with Crippen molar-refractivity contribution in [3.63, 3.8) is 0 Å². The van der Waals surface area contributed by atoms with E-state index in [4.69, 9.17) is 10.5 Å². The number of aromatic nitrogens is 2. The number of nitrogens with zero attached hydrogens (tertiary/aromatic N) is 3. The highest BCUT2D eigenvalue weighted by atomic mass is 35.5. The van der Waals surface area contributed by atoms with E-state index in [1.165, 1.54) is 0 Å². The summed E-state index contributed by atoms with van der Waals surface area (Å²) in [5.74, 6) is 0.105. The number of hydrogen-bond donors (Lipinski definition) is 3. The first-order chi connectivity index (χ1) is 20.0. The minimum absolute atomic E-state index is 0. The molecule has 2 heterocycles. The Morgan fingerprint density at radius 2 is 1.64 bits per heavy atom. The Morgan fingerprint density at radius 3 is 2.23 bits per heavy atom. The number of halogens is 2. The van der Waals surface area contributed by atoms with E-state index < -0.39 is 28.9 Å². The van der Waals surface area contributed by atoms with Crippen LogP contribution in [0.1, 0.15) is 57.6 Å². The predicted octanol–water partition coefficient (Wildman–Crippen LogP) is 4.30. The maximum Gasteiger partial charge on any atom is 0.253 e. The van der Waals surface area contributed by atoms with Gasteiger partial charge in [0.1, 0.15) is 17.3 Å². The third-order valence-electron chi connectivity index (χ3n) is 7.82. The molecule has 1 aliphatic rings. The molecule has 1 saturated heterocycles. The second-order valence-corrected chi connectivity index (χ2v) is 11.6. The zero-order chi connectivity index (χ0) is 30.3. The van der Waals surface area contributed by atoms with E-state index >= 15 is 0 Å². The summed E-state index contributed by atoms with van der Waals surface area (Å²) in [6, 6.07) is 16.6. The van der Waals surface area contributed by atoms with Crippen LogP contribution in [0.4, 0.5) is 5.82 Å². The minimum Gasteiger partial charge on any atom is -0.497 e. The van der Waals surface area contributed by atoms with E-state index in [0.717, 1.165) is 30.4 Å². The highest BCUT2D eigenvalue weighted by Gasteiger charge is 2.41. The number of rotatable bonds is 12. The zero-order valence-electron chi connectivity index (χ0n) is 25.7. The van der Waals surface area contributed by atoms with Gasteiger partial charge in [-0.3, -0.25) is 14.4 Å². The van der Waals surface area contributed by atoms with E-state index in [2.05, 4.69) is 15.6 Å². The molecule has 3 aromatic rings. The van der Waals surface area contributed by atoms with Crippen molar-refractivity contribution in [1.82, 2.24) is 19.8 Å². The summed E-state index contributed by atoms with van der Waals surface area (Å²) in [4.78, 5) is 46.4. The van der Waals surface area contributed by atoms with Gasteiger partial charge in [-0.15, -0.1) is 24.8 Å². The van der Waals surface area contributed by atoms with Crippen molar-refractivity contribution in [3.05, 3.63) is 78.2 Å². The third-order valence-corrected chi connectivity index (χ3v) is 7.82. The molecule has 1 aromatic heterocycles. The molecule has 10 nitrogen and oxygen atoms in total. The highest BCUT2D eigenvalue weighted by Crippen LogP contribution is 2.32. The van der Waals surface area contributed by atoms with Crippen molar-refractivity contribution < 1.29 is 19.1 Å². The van der Waals surface area contributed by atoms with Gasteiger partial charge in [-0.1, -0.05) is 42.5 Å². The number of ether oxygens (including phenoxy) is 1. The second kappa shape index (κ2) is 15.9. The van der Waals surface area contributed by atoms with Crippen molar-refractivity contribution in [2.75, 3.05) is 25.5 Å². The van der Waals surface area contributed by atoms with Crippen LogP contribution >= 0.6 is 24.8 Å². The number of anilines is 1. The quantitative estimate of drug-likeness (QED) is 0.269. The van der Waals surface area contributed by atoms with Crippen LogP contribution in [0.15, 0.2) is 67.1 Å². The first kappa shape index (κ1) is 36.6. The molecule has 12 heteroatoms. The van der Waals surface area contributed by atoms with Crippen LogP contribution in [0, 0.1) is 0 Å². The fraction of sp³-hybridized carbons (Fsp3) is 0.438. The average Bonchev–Trinajstić information content (AvgIpc) is 3.69. The van der Waals surface area contributed by atoms with Crippen LogP contribution in [-0.2, 0) is 26.3 Å². The maximum absolute atomic E-state index is 13.9. The summed E-state index contributed by atoms with van der Waals surface area (Å²) in [5, 5.41) is 5.66. The lowest BCUT2D eigenvalue weighted by molar-refractivity contribution is -0.137. The van der Waals surface area contributed by atoms with Gasteiger partial charge in [0.15, 0.2) is 5.82 Å². The van der Waals surface area contributed by atoms with Crippen LogP contribution in [0.2, 0.25) is 0 Å². The van der Waals surface area contributed by atoms with E-state index in [-0.39, 0.29) is 36.5 Å². The van der Waals surface area contributed by atoms with Gasteiger partial charge in [-0.2, -0.15) is 0 Å². The highest BCUT2D eigenvalue weighted by molar-refractivity contribution is 5.98. The normalized spacial score (nSPS) is 14.8. The Balaban J connectivity index is 0.00000337. The molecule has 2 atom stereocenters. The molecule has 0 radical (unpaired) electrons. The van der Waals surface area contributed by atoms with E-state index in [9.17, 15) is 14.4 Å². The van der Waals surface area contributed by atoms with E-state index in [0.29, 0.717) is 31.7 Å². The molecule has 2 aromatic carbocycles. The molecule has 3 amide bonds. The maximum atomic E-state index is 13.9. The van der Waals surface area contributed by atoms with Crippen LogP contribution in [-0.4, -0.2) is 64.0 Å². The van der Waals surface area contributed by atoms with Gasteiger partial charge in [0, 0.05) is 19.3 Å². The Hall–Kier alpha value is -3.60. The number of carbonyl (C=O) groups is 3. The fourth-order valence-corrected chi connectivity index (χ4v) is 5.14. The molecule has 0 aliphatic carbocycles. The number of hydrogen-bond acceptors (Lipinski definition) is 6. The Labute approximate surface area is 271 Å². The van der Waals surface area contributed by atoms with Crippen molar-refractivity contribution in [2.45, 2.75) is 70.0 Å². The lowest BCUT2D eigenvalue weighted by Gasteiger charge is -2.34. The number of amides is 3. The third kappa shape index (κ3) is 8.74. The van der Waals surface area contributed by atoms with E-state index in [1.54, 1.807) is 38.0 Å². The standard InChI is InChI=1S/C32H42N6O4.2ClH/c1-31(2,33)29(40)35-26(14-10-13-23-11-6-5-7-12-23)28(39)36-27-21-38(22-34-27)32(3,30(41)37-19-8-9-20-37)24-15-17-25(42-4)18-16-24;;/h5-7,11-12,15-18,21-22,26H,8-10,13-14,19-20,33H2,1-4H3,(H,35,40)(H,36,39);2*1H/t26-,32-;;/m1../s1. The van der Waals surface area contributed by atoms with Crippen LogP contribution < -0.4 is 21.1 Å². The lowest BCUT2D eigenvalue weighted by atomic mass is 9.90. The summed E-state index contributed by atoms with van der Waals surface area (Å²) in [6.07, 6.45) is 7.01. The molecular weight excluding hydrogens is 603 g/mol. The molecular formula is C32H44Cl2N6O4. The molecule has 4 rings (SSSR count). The predicted molar refractivity (Wildman–Crippen MR) is 176 cm³/mol. The molecule has 4 N–H and O–H groups in total. The first-order valence-electron chi connectivity index (χ1n) is 14.5. The van der Waals surface area contributed by atoms with Crippen molar-refractivity contribution in [3.8, 4) is 5.75 Å². The van der Waals surface area contributed by atoms with Crippen molar-refractivity contribution in [1.29, 1.82) is 0 Å². The first-order valence-corrected chi connectivity index (χ1v) is 14.5. The summed E-state index contributed by atoms with van der Waals surface area (Å²) >= 11 is 0. The number of nitrogens with two attached hydrogens (primary N) is 1. The minimum atomic E-state index is -1.14. The van der Waals surface area contributed by atoms with Gasteiger partial charge in [-0.25, -0.2) is 4.98 Å². The number of likely N-dealkylation sites (tertiary alicyclic amines) is 1. The Kier molecular flexibility index (Phi) is 13.2. The topological polar surface area (TPSA) is 132 Å². The number of methoxy groups -OCH3 is 1. The SMILES string of the molecule is COc1ccc([C@](C)(C(=O)N2CCCC2)n2cnc(NC(=O)[C@@H](CCCc3ccccc3)NC(=O)C(C)(C)N)c2)cc1.Cl.Cl. The molecule has 0 bridgehead atoms. The Morgan fingerprint density at radius 1 is 1.00 bits per heavy atom. The second-order valence-electron chi connectivity index (χ2n) is 11.6. The summed E-state index contributed by atoms with van der Waals surface area (Å²) in [5.41, 5.74) is 5.68. The monoisotopic (exact) mass is 646 g/mol. The number of nitrogens with one attached hydrogen (secondary N) is 2. The smallest absolute Gasteiger partial charge is 0.253 e. The molecule has 240 valence electrons. The summed E-state index contributed by atoms with van der Waals surface area (Å²) < 4.78 is 7.05. The molecule has 1 aliphatic heterocycles. The van der Waals surface area contributed by atoms with Crippen molar-refractivity contribution in [2.24, 2.45) is 5.73 Å². The number of aryl methyl sites for hydroxylation is 1. The van der Waals surface area contributed by atoms with E-state index in [1.807, 2.05) is 66.4 Å². The van der Waals surface area contributed by atoms with Gasteiger partial charge < -0.3 is 30.6 Å². The number of carbonyl (C=O) groups excluding carboxylic acids is 3. The number of benzene rings is 2. The lowest BCUT2D eigenvalue weighted by Crippen LogP contribution is -2.54. The average molecular weight is 648 g/mol. The van der Waals surface area contributed by atoms with Crippen LogP contribution in [0.25, 0.3) is 0 Å². The molecule has 1 fully saturated rings. The van der Waals surface area contributed by atoms with Gasteiger partial charge in [0.25, 0.3) is 5.91 Å². The molecule has 44 heavy (non-hydrogen) atoms.